The highest BCUT2D eigenvalue weighted by molar-refractivity contribution is 7.51. The minimum atomic E-state index is 0.717. The van der Waals surface area contributed by atoms with Crippen molar-refractivity contribution in [3.63, 3.8) is 0 Å². The van der Waals surface area contributed by atoms with Crippen LogP contribution in [0.5, 0.6) is 0 Å². The molecule has 2 aromatic rings. The topological polar surface area (TPSA) is 0 Å². The van der Waals surface area contributed by atoms with Crippen LogP contribution in [0, 0.1) is 0 Å². The van der Waals surface area contributed by atoms with Crippen LogP contribution in [0.1, 0.15) is 59.8 Å². The van der Waals surface area contributed by atoms with E-state index in [9.17, 15) is 0 Å². The summed E-state index contributed by atoms with van der Waals surface area (Å²) in [5.41, 5.74) is 5.46. The third-order valence-electron chi connectivity index (χ3n) is 5.11. The molecule has 2 aromatic carbocycles. The van der Waals surface area contributed by atoms with Gasteiger partial charge in [-0.3, -0.25) is 0 Å². The lowest BCUT2D eigenvalue weighted by Crippen LogP contribution is -2.19. The lowest BCUT2D eigenvalue weighted by atomic mass is 10.0. The van der Waals surface area contributed by atoms with Gasteiger partial charge >= 0.3 is 0 Å². The molecular weight excluding hydrogens is 381 g/mol. The molecule has 3 heteroatoms. The lowest BCUT2D eigenvalue weighted by Gasteiger charge is -2.25. The molecule has 0 amide bonds. The van der Waals surface area contributed by atoms with Crippen molar-refractivity contribution in [2.75, 3.05) is 0 Å². The fraction of sp³-hybridized carbons (Fsp3) is 0.500. The van der Waals surface area contributed by atoms with Crippen molar-refractivity contribution >= 4 is 41.7 Å². The maximum atomic E-state index is 2.42. The SMILES string of the molecule is CC(C)Pc1cccc(PC(C)C)c1-c1ccccc1PC1CCCCC1. The number of rotatable bonds is 7. The molecule has 0 spiro atoms. The van der Waals surface area contributed by atoms with Crippen LogP contribution < -0.4 is 15.9 Å². The molecule has 3 unspecified atom stereocenters. The van der Waals surface area contributed by atoms with E-state index in [2.05, 4.69) is 70.2 Å². The van der Waals surface area contributed by atoms with Crippen molar-refractivity contribution in [3.05, 3.63) is 42.5 Å². The normalized spacial score (nSPS) is 17.0. The van der Waals surface area contributed by atoms with Crippen LogP contribution >= 0.6 is 25.7 Å². The molecule has 27 heavy (non-hydrogen) atoms. The fourth-order valence-corrected chi connectivity index (χ4v) is 8.27. The Morgan fingerprint density at radius 2 is 1.26 bits per heavy atom. The zero-order chi connectivity index (χ0) is 19.2. The van der Waals surface area contributed by atoms with E-state index in [1.54, 1.807) is 21.5 Å². The first-order chi connectivity index (χ1) is 13.0. The predicted molar refractivity (Wildman–Crippen MR) is 133 cm³/mol. The van der Waals surface area contributed by atoms with Gasteiger partial charge in [-0.05, 0) is 56.9 Å². The van der Waals surface area contributed by atoms with Gasteiger partial charge in [0.05, 0.1) is 0 Å². The zero-order valence-corrected chi connectivity index (χ0v) is 20.3. The fourth-order valence-electron chi connectivity index (χ4n) is 4.00. The Balaban J connectivity index is 2.03. The summed E-state index contributed by atoms with van der Waals surface area (Å²) in [5.74, 6) is 0. The second-order valence-corrected chi connectivity index (χ2v) is 14.0. The van der Waals surface area contributed by atoms with Gasteiger partial charge in [-0.2, -0.15) is 0 Å². The summed E-state index contributed by atoms with van der Waals surface area (Å²) in [7, 11) is 2.75. The summed E-state index contributed by atoms with van der Waals surface area (Å²) in [5, 5.41) is 4.77. The molecule has 1 aliphatic rings. The van der Waals surface area contributed by atoms with Crippen molar-refractivity contribution in [1.29, 1.82) is 0 Å². The molecule has 0 nitrogen and oxygen atoms in total. The van der Waals surface area contributed by atoms with Crippen LogP contribution in [-0.2, 0) is 0 Å². The number of hydrogen-bond acceptors (Lipinski definition) is 0. The van der Waals surface area contributed by atoms with Gasteiger partial charge in [-0.15, -0.1) is 0 Å². The first-order valence-electron chi connectivity index (χ1n) is 10.6. The summed E-state index contributed by atoms with van der Waals surface area (Å²) >= 11 is 0. The summed E-state index contributed by atoms with van der Waals surface area (Å²) in [6.45, 7) is 9.43. The largest absolute Gasteiger partial charge is 0.0871 e. The van der Waals surface area contributed by atoms with Gasteiger partial charge in [-0.1, -0.05) is 115 Å². The van der Waals surface area contributed by atoms with Gasteiger partial charge in [0.25, 0.3) is 0 Å². The van der Waals surface area contributed by atoms with Gasteiger partial charge < -0.3 is 0 Å². The quantitative estimate of drug-likeness (QED) is 0.457. The van der Waals surface area contributed by atoms with E-state index < -0.39 is 0 Å². The highest BCUT2D eigenvalue weighted by Gasteiger charge is 2.19. The second kappa shape index (κ2) is 10.5. The molecule has 0 saturated heterocycles. The van der Waals surface area contributed by atoms with Crippen LogP contribution in [0.15, 0.2) is 42.5 Å². The van der Waals surface area contributed by atoms with E-state index in [4.69, 9.17) is 0 Å². The van der Waals surface area contributed by atoms with Crippen molar-refractivity contribution in [2.24, 2.45) is 0 Å². The summed E-state index contributed by atoms with van der Waals surface area (Å²) < 4.78 is 0. The average Bonchev–Trinajstić information content (AvgIpc) is 2.63. The van der Waals surface area contributed by atoms with Crippen molar-refractivity contribution in [2.45, 2.75) is 76.8 Å². The van der Waals surface area contributed by atoms with Crippen LogP contribution in [0.4, 0.5) is 0 Å². The molecule has 3 rings (SSSR count). The van der Waals surface area contributed by atoms with E-state index in [1.165, 1.54) is 37.7 Å². The molecule has 0 radical (unpaired) electrons. The Kier molecular flexibility index (Phi) is 8.33. The monoisotopic (exact) mass is 416 g/mol. The molecule has 146 valence electrons. The maximum Gasteiger partial charge on any atom is -0.00287 e. The Morgan fingerprint density at radius 1 is 0.704 bits per heavy atom. The van der Waals surface area contributed by atoms with Gasteiger partial charge in [0.1, 0.15) is 0 Å². The Labute approximate surface area is 172 Å². The Bertz CT molecular complexity index is 702. The lowest BCUT2D eigenvalue weighted by molar-refractivity contribution is 0.514. The van der Waals surface area contributed by atoms with E-state index in [0.717, 1.165) is 31.4 Å². The molecule has 0 aromatic heterocycles. The Morgan fingerprint density at radius 3 is 1.85 bits per heavy atom. The van der Waals surface area contributed by atoms with Crippen LogP contribution in [-0.4, -0.2) is 17.0 Å². The first-order valence-corrected chi connectivity index (χ1v) is 13.8. The van der Waals surface area contributed by atoms with Crippen LogP contribution in [0.2, 0.25) is 0 Å². The molecule has 1 saturated carbocycles. The molecule has 0 aliphatic heterocycles. The smallest absolute Gasteiger partial charge is 0.00287 e. The summed E-state index contributed by atoms with van der Waals surface area (Å²) in [4.78, 5) is 0. The average molecular weight is 416 g/mol. The molecule has 0 bridgehead atoms. The van der Waals surface area contributed by atoms with Gasteiger partial charge in [0.2, 0.25) is 0 Å². The second-order valence-electron chi connectivity index (χ2n) is 8.35. The molecule has 3 atom stereocenters. The van der Waals surface area contributed by atoms with Gasteiger partial charge in [0.15, 0.2) is 0 Å². The molecule has 1 fully saturated rings. The number of benzene rings is 2. The molecular formula is C24H35P3. The van der Waals surface area contributed by atoms with Crippen molar-refractivity contribution in [1.82, 2.24) is 0 Å². The highest BCUT2D eigenvalue weighted by Crippen LogP contribution is 2.36. The molecule has 0 N–H and O–H groups in total. The number of hydrogen-bond donors (Lipinski definition) is 0. The van der Waals surface area contributed by atoms with E-state index in [1.807, 2.05) is 0 Å². The minimum Gasteiger partial charge on any atom is -0.0871 e. The summed E-state index contributed by atoms with van der Waals surface area (Å²) in [6, 6.07) is 16.4. The van der Waals surface area contributed by atoms with E-state index >= 15 is 0 Å². The first kappa shape index (κ1) is 21.4. The standard InChI is InChI=1S/C24H35P3/c1-17(2)25-22-15-10-16-23(26-18(3)4)24(22)20-13-8-9-14-21(20)27-19-11-6-5-7-12-19/h8-10,13-19,25-27H,5-7,11-12H2,1-4H3. The van der Waals surface area contributed by atoms with E-state index in [-0.39, 0.29) is 0 Å². The molecule has 0 heterocycles. The van der Waals surface area contributed by atoms with E-state index in [0.29, 0.717) is 11.3 Å². The summed E-state index contributed by atoms with van der Waals surface area (Å²) in [6.07, 6.45) is 7.18. The van der Waals surface area contributed by atoms with Crippen molar-refractivity contribution in [3.8, 4) is 11.1 Å². The Hall–Kier alpha value is -0.270. The minimum absolute atomic E-state index is 0.717. The third kappa shape index (κ3) is 6.10. The zero-order valence-electron chi connectivity index (χ0n) is 17.3. The van der Waals surface area contributed by atoms with Crippen LogP contribution in [0.25, 0.3) is 11.1 Å². The highest BCUT2D eigenvalue weighted by atomic mass is 31.1. The molecule has 1 aliphatic carbocycles. The van der Waals surface area contributed by atoms with Gasteiger partial charge in [0, 0.05) is 0 Å². The van der Waals surface area contributed by atoms with Crippen LogP contribution in [0.3, 0.4) is 0 Å². The van der Waals surface area contributed by atoms with Gasteiger partial charge in [-0.25, -0.2) is 0 Å². The maximum absolute atomic E-state index is 2.42. The predicted octanol–water partition coefficient (Wildman–Crippen LogP) is 6.41. The third-order valence-corrected chi connectivity index (χ3v) is 9.46. The van der Waals surface area contributed by atoms with Crippen molar-refractivity contribution < 1.29 is 0 Å².